The Bertz CT molecular complexity index is 1020. The molecule has 0 radical (unpaired) electrons. The highest BCUT2D eigenvalue weighted by Crippen LogP contribution is 2.34. The number of rotatable bonds is 5. The highest BCUT2D eigenvalue weighted by Gasteiger charge is 2.34. The van der Waals surface area contributed by atoms with Crippen LogP contribution in [0.5, 0.6) is 0 Å². The molecule has 2 aromatic rings. The summed E-state index contributed by atoms with van der Waals surface area (Å²) in [5, 5.41) is 12.5. The number of aliphatic hydroxyl groups is 1. The van der Waals surface area contributed by atoms with E-state index in [4.69, 9.17) is 0 Å². The molecular formula is C22H22F5N3O3. The number of anilines is 1. The van der Waals surface area contributed by atoms with Crippen LogP contribution in [-0.4, -0.2) is 59.4 Å². The molecule has 2 amide bonds. The van der Waals surface area contributed by atoms with E-state index in [9.17, 15) is 36.6 Å². The Hall–Kier alpha value is -3.05. The molecule has 0 saturated carbocycles. The number of amides is 2. The lowest BCUT2D eigenvalue weighted by atomic mass is 10.1. The van der Waals surface area contributed by atoms with E-state index >= 15 is 0 Å². The van der Waals surface area contributed by atoms with E-state index < -0.39 is 46.9 Å². The molecule has 1 saturated heterocycles. The van der Waals surface area contributed by atoms with Crippen LogP contribution in [0.25, 0.3) is 0 Å². The van der Waals surface area contributed by atoms with Gasteiger partial charge >= 0.3 is 6.18 Å². The second kappa shape index (κ2) is 10.3. The fourth-order valence-electron chi connectivity index (χ4n) is 3.62. The topological polar surface area (TPSA) is 72.9 Å². The van der Waals surface area contributed by atoms with Crippen LogP contribution in [0.1, 0.15) is 23.7 Å². The third-order valence-corrected chi connectivity index (χ3v) is 5.28. The average Bonchev–Trinajstić information content (AvgIpc) is 2.99. The molecule has 1 atom stereocenters. The quantitative estimate of drug-likeness (QED) is 0.658. The summed E-state index contributed by atoms with van der Waals surface area (Å²) in [6.45, 7) is 0.692. The number of halogens is 5. The Morgan fingerprint density at radius 2 is 1.73 bits per heavy atom. The smallest absolute Gasteiger partial charge is 0.378 e. The molecule has 1 unspecified atom stereocenters. The minimum absolute atomic E-state index is 0.0965. The van der Waals surface area contributed by atoms with Gasteiger partial charge in [0.25, 0.3) is 5.91 Å². The van der Waals surface area contributed by atoms with Crippen molar-refractivity contribution in [2.45, 2.75) is 18.7 Å². The fourth-order valence-corrected chi connectivity index (χ4v) is 3.62. The molecule has 1 aliphatic heterocycles. The summed E-state index contributed by atoms with van der Waals surface area (Å²) in [4.78, 5) is 27.9. The number of hydrogen-bond donors (Lipinski definition) is 2. The van der Waals surface area contributed by atoms with Crippen molar-refractivity contribution in [3.8, 4) is 0 Å². The van der Waals surface area contributed by atoms with Crippen molar-refractivity contribution >= 4 is 17.5 Å². The summed E-state index contributed by atoms with van der Waals surface area (Å²) in [7, 11) is 0. The van der Waals surface area contributed by atoms with Gasteiger partial charge in [-0.2, -0.15) is 13.2 Å². The zero-order chi connectivity index (χ0) is 24.2. The molecule has 0 aromatic heterocycles. The van der Waals surface area contributed by atoms with Crippen LogP contribution in [0.2, 0.25) is 0 Å². The molecule has 1 aliphatic rings. The first-order valence-electron chi connectivity index (χ1n) is 10.2. The Kier molecular flexibility index (Phi) is 7.65. The van der Waals surface area contributed by atoms with Crippen LogP contribution in [-0.2, 0) is 15.8 Å². The van der Waals surface area contributed by atoms with Crippen LogP contribution in [0, 0.1) is 11.6 Å². The van der Waals surface area contributed by atoms with Gasteiger partial charge in [0.1, 0.15) is 0 Å². The van der Waals surface area contributed by atoms with Gasteiger partial charge in [-0.25, -0.2) is 8.78 Å². The number of nitrogens with one attached hydrogen (secondary N) is 1. The summed E-state index contributed by atoms with van der Waals surface area (Å²) < 4.78 is 66.6. The van der Waals surface area contributed by atoms with E-state index in [1.54, 1.807) is 4.90 Å². The molecule has 178 valence electrons. The zero-order valence-electron chi connectivity index (χ0n) is 17.4. The van der Waals surface area contributed by atoms with E-state index in [0.717, 1.165) is 24.3 Å². The SMILES string of the molecule is O=C(CN1CCCN(C(=O)C(O)c2cccc(F)c2F)CC1)Nc1ccccc1C(F)(F)F. The van der Waals surface area contributed by atoms with Crippen molar-refractivity contribution in [2.24, 2.45) is 0 Å². The second-order valence-electron chi connectivity index (χ2n) is 7.59. The number of carbonyl (C=O) groups is 2. The van der Waals surface area contributed by atoms with E-state index in [1.165, 1.54) is 23.1 Å². The molecule has 3 rings (SSSR count). The highest BCUT2D eigenvalue weighted by molar-refractivity contribution is 5.93. The van der Waals surface area contributed by atoms with Gasteiger partial charge in [-0.15, -0.1) is 0 Å². The summed E-state index contributed by atoms with van der Waals surface area (Å²) in [6.07, 6.45) is -6.08. The number of nitrogens with zero attached hydrogens (tertiary/aromatic N) is 2. The lowest BCUT2D eigenvalue weighted by Crippen LogP contribution is -2.40. The lowest BCUT2D eigenvalue weighted by molar-refractivity contribution is -0.140. The van der Waals surface area contributed by atoms with Gasteiger partial charge in [-0.1, -0.05) is 24.3 Å². The zero-order valence-corrected chi connectivity index (χ0v) is 17.4. The van der Waals surface area contributed by atoms with Crippen molar-refractivity contribution < 1.29 is 36.6 Å². The van der Waals surface area contributed by atoms with Crippen LogP contribution in [0.3, 0.4) is 0 Å². The first kappa shape index (κ1) is 24.6. The summed E-state index contributed by atoms with van der Waals surface area (Å²) in [5.74, 6) is -3.93. The van der Waals surface area contributed by atoms with Crippen LogP contribution >= 0.6 is 0 Å². The average molecular weight is 471 g/mol. The summed E-state index contributed by atoms with van der Waals surface area (Å²) in [6, 6.07) is 7.82. The molecular weight excluding hydrogens is 449 g/mol. The van der Waals surface area contributed by atoms with Gasteiger partial charge in [0.2, 0.25) is 5.91 Å². The predicted molar refractivity (Wildman–Crippen MR) is 109 cm³/mol. The minimum Gasteiger partial charge on any atom is -0.378 e. The van der Waals surface area contributed by atoms with E-state index in [2.05, 4.69) is 5.32 Å². The van der Waals surface area contributed by atoms with Gasteiger partial charge in [0, 0.05) is 31.7 Å². The maximum absolute atomic E-state index is 13.9. The first-order chi connectivity index (χ1) is 15.6. The van der Waals surface area contributed by atoms with Crippen molar-refractivity contribution in [2.75, 3.05) is 38.0 Å². The van der Waals surface area contributed by atoms with Crippen molar-refractivity contribution in [1.29, 1.82) is 0 Å². The number of benzene rings is 2. The first-order valence-corrected chi connectivity index (χ1v) is 10.2. The Morgan fingerprint density at radius 1 is 1.00 bits per heavy atom. The predicted octanol–water partition coefficient (Wildman–Crippen LogP) is 3.19. The van der Waals surface area contributed by atoms with Crippen molar-refractivity contribution in [1.82, 2.24) is 9.80 Å². The summed E-state index contributed by atoms with van der Waals surface area (Å²) in [5.41, 5.74) is -1.77. The van der Waals surface area contributed by atoms with Gasteiger partial charge in [0.05, 0.1) is 17.8 Å². The highest BCUT2D eigenvalue weighted by atomic mass is 19.4. The largest absolute Gasteiger partial charge is 0.418 e. The lowest BCUT2D eigenvalue weighted by Gasteiger charge is -2.24. The molecule has 0 spiro atoms. The van der Waals surface area contributed by atoms with E-state index in [1.807, 2.05) is 0 Å². The molecule has 33 heavy (non-hydrogen) atoms. The monoisotopic (exact) mass is 471 g/mol. The molecule has 0 aliphatic carbocycles. The minimum atomic E-state index is -4.62. The standard InChI is InChI=1S/C22H22F5N3O3/c23-16-7-3-5-14(19(16)24)20(32)21(33)30-10-4-9-29(11-12-30)13-18(31)28-17-8-2-1-6-15(17)22(25,26)27/h1-3,5-8,20,32H,4,9-13H2,(H,28,31). The fraction of sp³-hybridized carbons (Fsp3) is 0.364. The molecule has 0 bridgehead atoms. The van der Waals surface area contributed by atoms with Gasteiger partial charge < -0.3 is 15.3 Å². The van der Waals surface area contributed by atoms with Gasteiger partial charge in [-0.3, -0.25) is 14.5 Å². The number of para-hydroxylation sites is 1. The third-order valence-electron chi connectivity index (χ3n) is 5.28. The molecule has 11 heteroatoms. The van der Waals surface area contributed by atoms with Crippen LogP contribution in [0.15, 0.2) is 42.5 Å². The molecule has 2 aromatic carbocycles. The molecule has 1 fully saturated rings. The maximum Gasteiger partial charge on any atom is 0.418 e. The Morgan fingerprint density at radius 3 is 2.45 bits per heavy atom. The summed E-state index contributed by atoms with van der Waals surface area (Å²) >= 11 is 0. The van der Waals surface area contributed by atoms with Crippen molar-refractivity contribution in [3.63, 3.8) is 0 Å². The Balaban J connectivity index is 1.59. The number of hydrogen-bond acceptors (Lipinski definition) is 4. The number of aliphatic hydroxyl groups excluding tert-OH is 1. The Labute approximate surface area is 186 Å². The molecule has 2 N–H and O–H groups in total. The second-order valence-corrected chi connectivity index (χ2v) is 7.59. The van der Waals surface area contributed by atoms with Crippen molar-refractivity contribution in [3.05, 3.63) is 65.2 Å². The maximum atomic E-state index is 13.9. The number of carbonyl (C=O) groups excluding carboxylic acids is 2. The molecule has 6 nitrogen and oxygen atoms in total. The van der Waals surface area contributed by atoms with E-state index in [-0.39, 0.29) is 31.9 Å². The van der Waals surface area contributed by atoms with Gasteiger partial charge in [-0.05, 0) is 24.6 Å². The van der Waals surface area contributed by atoms with E-state index in [0.29, 0.717) is 13.0 Å². The normalized spacial score (nSPS) is 16.2. The third kappa shape index (κ3) is 6.05. The van der Waals surface area contributed by atoms with Crippen LogP contribution in [0.4, 0.5) is 27.6 Å². The number of alkyl halides is 3. The van der Waals surface area contributed by atoms with Crippen LogP contribution < -0.4 is 5.32 Å². The van der Waals surface area contributed by atoms with Gasteiger partial charge in [0.15, 0.2) is 17.7 Å². The molecule has 1 heterocycles.